The third kappa shape index (κ3) is 5.03. The highest BCUT2D eigenvalue weighted by Crippen LogP contribution is 2.12. The van der Waals surface area contributed by atoms with Crippen LogP contribution < -0.4 is 10.1 Å². The number of aromatic carboxylic acids is 1. The molecule has 1 unspecified atom stereocenters. The lowest BCUT2D eigenvalue weighted by molar-refractivity contribution is 0.0688. The molecule has 24 heavy (non-hydrogen) atoms. The molecule has 0 fully saturated rings. The molecule has 2 rings (SSSR count). The Morgan fingerprint density at radius 1 is 1.25 bits per heavy atom. The largest absolute Gasteiger partial charge is 0.491 e. The van der Waals surface area contributed by atoms with Crippen molar-refractivity contribution in [3.05, 3.63) is 53.6 Å². The molecule has 3 N–H and O–H groups in total. The summed E-state index contributed by atoms with van der Waals surface area (Å²) in [7, 11) is 0. The first-order valence-electron chi connectivity index (χ1n) is 7.17. The van der Waals surface area contributed by atoms with Gasteiger partial charge in [0.05, 0.1) is 12.4 Å². The Bertz CT molecular complexity index is 718. The van der Waals surface area contributed by atoms with Gasteiger partial charge in [-0.2, -0.15) is 0 Å². The van der Waals surface area contributed by atoms with E-state index in [1.54, 1.807) is 6.07 Å². The Balaban J connectivity index is 1.79. The number of aliphatic hydroxyl groups is 1. The van der Waals surface area contributed by atoms with E-state index in [1.165, 1.54) is 0 Å². The summed E-state index contributed by atoms with van der Waals surface area (Å²) in [4.78, 5) is 29.8. The van der Waals surface area contributed by atoms with Gasteiger partial charge in [0.1, 0.15) is 24.2 Å². The van der Waals surface area contributed by atoms with Gasteiger partial charge in [0, 0.05) is 6.54 Å². The number of aryl methyl sites for hydroxylation is 1. The zero-order valence-corrected chi connectivity index (χ0v) is 13.0. The van der Waals surface area contributed by atoms with Gasteiger partial charge in [0.2, 0.25) is 0 Å². The van der Waals surface area contributed by atoms with E-state index >= 15 is 0 Å². The van der Waals surface area contributed by atoms with Crippen LogP contribution in [0.1, 0.15) is 26.5 Å². The van der Waals surface area contributed by atoms with Crippen molar-refractivity contribution in [2.75, 3.05) is 13.2 Å². The summed E-state index contributed by atoms with van der Waals surface area (Å²) in [6, 6.07) is 7.39. The van der Waals surface area contributed by atoms with Crippen molar-refractivity contribution >= 4 is 11.9 Å². The molecule has 0 aliphatic rings. The summed E-state index contributed by atoms with van der Waals surface area (Å²) in [6.07, 6.45) is 1.16. The molecule has 0 bridgehead atoms. The molecule has 0 saturated carbocycles. The minimum Gasteiger partial charge on any atom is -0.491 e. The van der Waals surface area contributed by atoms with Gasteiger partial charge in [-0.15, -0.1) is 0 Å². The normalized spacial score (nSPS) is 11.6. The van der Waals surface area contributed by atoms with Crippen LogP contribution in [0.25, 0.3) is 0 Å². The highest BCUT2D eigenvalue weighted by Gasteiger charge is 2.13. The smallest absolute Gasteiger partial charge is 0.356 e. The minimum absolute atomic E-state index is 0.0212. The molecule has 2 aromatic rings. The fourth-order valence-electron chi connectivity index (χ4n) is 1.81. The number of amides is 1. The lowest BCUT2D eigenvalue weighted by atomic mass is 10.2. The summed E-state index contributed by atoms with van der Waals surface area (Å²) in [5, 5.41) is 21.0. The van der Waals surface area contributed by atoms with Crippen LogP contribution in [0.4, 0.5) is 0 Å². The van der Waals surface area contributed by atoms with Gasteiger partial charge in [-0.25, -0.2) is 14.8 Å². The van der Waals surface area contributed by atoms with Gasteiger partial charge in [-0.05, 0) is 24.6 Å². The highest BCUT2D eigenvalue weighted by molar-refractivity contribution is 5.92. The van der Waals surface area contributed by atoms with Crippen LogP contribution in [-0.2, 0) is 0 Å². The Morgan fingerprint density at radius 2 is 1.96 bits per heavy atom. The average molecular weight is 331 g/mol. The molecule has 0 saturated heterocycles. The van der Waals surface area contributed by atoms with Crippen molar-refractivity contribution in [2.24, 2.45) is 0 Å². The van der Waals surface area contributed by atoms with E-state index in [2.05, 4.69) is 15.3 Å². The maximum Gasteiger partial charge on any atom is 0.356 e. The number of carboxylic acid groups (broad SMARTS) is 1. The predicted octanol–water partition coefficient (Wildman–Crippen LogP) is 0.653. The Kier molecular flexibility index (Phi) is 5.80. The average Bonchev–Trinajstić information content (AvgIpc) is 2.58. The molecule has 1 aromatic carbocycles. The molecule has 126 valence electrons. The van der Waals surface area contributed by atoms with E-state index in [4.69, 9.17) is 9.84 Å². The molecule has 1 aromatic heterocycles. The monoisotopic (exact) mass is 331 g/mol. The summed E-state index contributed by atoms with van der Waals surface area (Å²) in [5.74, 6) is -1.15. The number of nitrogens with zero attached hydrogens (tertiary/aromatic N) is 2. The summed E-state index contributed by atoms with van der Waals surface area (Å²) >= 11 is 0. The molecule has 0 spiro atoms. The lowest BCUT2D eigenvalue weighted by Gasteiger charge is -2.13. The van der Waals surface area contributed by atoms with Crippen molar-refractivity contribution in [1.29, 1.82) is 0 Å². The number of aromatic nitrogens is 2. The molecular weight excluding hydrogens is 314 g/mol. The van der Waals surface area contributed by atoms with Crippen LogP contribution in [0.2, 0.25) is 0 Å². The standard InChI is InChI=1S/C16H17N3O5/c1-10-3-2-4-12(5-10)24-9-11(20)6-19-15(21)13-7-18-14(8-17-13)16(22)23/h2-5,7-8,11,20H,6,9H2,1H3,(H,19,21)(H,22,23). The van der Waals surface area contributed by atoms with Gasteiger partial charge >= 0.3 is 5.97 Å². The number of aliphatic hydroxyl groups excluding tert-OH is 1. The number of carbonyl (C=O) groups is 2. The molecule has 8 nitrogen and oxygen atoms in total. The molecular formula is C16H17N3O5. The first kappa shape index (κ1) is 17.4. The van der Waals surface area contributed by atoms with Crippen LogP contribution in [0.5, 0.6) is 5.75 Å². The summed E-state index contributed by atoms with van der Waals surface area (Å²) in [5.41, 5.74) is 0.753. The third-order valence-electron chi connectivity index (χ3n) is 3.03. The number of carboxylic acids is 1. The van der Waals surface area contributed by atoms with E-state index in [0.29, 0.717) is 5.75 Å². The quantitative estimate of drug-likeness (QED) is 0.681. The minimum atomic E-state index is -1.22. The van der Waals surface area contributed by atoms with Crippen LogP contribution >= 0.6 is 0 Å². The predicted molar refractivity (Wildman–Crippen MR) is 84.0 cm³/mol. The van der Waals surface area contributed by atoms with Gasteiger partial charge in [0.25, 0.3) is 5.91 Å². The molecule has 1 amide bonds. The second-order valence-electron chi connectivity index (χ2n) is 5.08. The van der Waals surface area contributed by atoms with Crippen molar-refractivity contribution in [2.45, 2.75) is 13.0 Å². The van der Waals surface area contributed by atoms with E-state index in [-0.39, 0.29) is 24.5 Å². The SMILES string of the molecule is Cc1cccc(OCC(O)CNC(=O)c2cnc(C(=O)O)cn2)c1. The van der Waals surface area contributed by atoms with Gasteiger partial charge in [-0.1, -0.05) is 12.1 Å². The van der Waals surface area contributed by atoms with Crippen LogP contribution in [0.3, 0.4) is 0 Å². The Labute approximate surface area is 138 Å². The number of carbonyl (C=O) groups excluding carboxylic acids is 1. The number of rotatable bonds is 7. The first-order chi connectivity index (χ1) is 11.5. The zero-order valence-electron chi connectivity index (χ0n) is 13.0. The summed E-state index contributed by atoms with van der Waals surface area (Å²) in [6.45, 7) is 1.92. The number of ether oxygens (including phenoxy) is 1. The van der Waals surface area contributed by atoms with E-state index < -0.39 is 18.0 Å². The zero-order chi connectivity index (χ0) is 17.5. The molecule has 1 atom stereocenters. The molecule has 0 aliphatic heterocycles. The fourth-order valence-corrected chi connectivity index (χ4v) is 1.81. The topological polar surface area (TPSA) is 122 Å². The van der Waals surface area contributed by atoms with Crippen molar-refractivity contribution in [1.82, 2.24) is 15.3 Å². The number of benzene rings is 1. The van der Waals surface area contributed by atoms with Crippen LogP contribution in [0, 0.1) is 6.92 Å². The maximum absolute atomic E-state index is 11.8. The molecule has 0 radical (unpaired) electrons. The van der Waals surface area contributed by atoms with Crippen molar-refractivity contribution < 1.29 is 24.5 Å². The summed E-state index contributed by atoms with van der Waals surface area (Å²) < 4.78 is 5.43. The van der Waals surface area contributed by atoms with E-state index in [1.807, 2.05) is 25.1 Å². The third-order valence-corrected chi connectivity index (χ3v) is 3.03. The number of nitrogens with one attached hydrogen (secondary N) is 1. The first-order valence-corrected chi connectivity index (χ1v) is 7.17. The van der Waals surface area contributed by atoms with E-state index in [9.17, 15) is 14.7 Å². The second kappa shape index (κ2) is 8.02. The number of hydrogen-bond donors (Lipinski definition) is 3. The number of hydrogen-bond acceptors (Lipinski definition) is 6. The van der Waals surface area contributed by atoms with Gasteiger partial charge in [0.15, 0.2) is 5.69 Å². The van der Waals surface area contributed by atoms with Crippen LogP contribution in [0.15, 0.2) is 36.7 Å². The Morgan fingerprint density at radius 3 is 2.58 bits per heavy atom. The van der Waals surface area contributed by atoms with Gasteiger partial charge < -0.3 is 20.3 Å². The lowest BCUT2D eigenvalue weighted by Crippen LogP contribution is -2.35. The molecule has 0 aliphatic carbocycles. The van der Waals surface area contributed by atoms with Gasteiger partial charge in [-0.3, -0.25) is 4.79 Å². The van der Waals surface area contributed by atoms with Crippen molar-refractivity contribution in [3.8, 4) is 5.75 Å². The Hall–Kier alpha value is -3.00. The van der Waals surface area contributed by atoms with Crippen molar-refractivity contribution in [3.63, 3.8) is 0 Å². The van der Waals surface area contributed by atoms with Crippen LogP contribution in [-0.4, -0.2) is 51.3 Å². The fraction of sp³-hybridized carbons (Fsp3) is 0.250. The second-order valence-corrected chi connectivity index (χ2v) is 5.08. The molecule has 8 heteroatoms. The molecule has 1 heterocycles. The van der Waals surface area contributed by atoms with E-state index in [0.717, 1.165) is 18.0 Å². The highest BCUT2D eigenvalue weighted by atomic mass is 16.5. The maximum atomic E-state index is 11.8.